The zero-order valence-corrected chi connectivity index (χ0v) is 8.18. The van der Waals surface area contributed by atoms with Gasteiger partial charge < -0.3 is 43.8 Å². The molecule has 16 N–H and O–H groups in total. The predicted molar refractivity (Wildman–Crippen MR) is 36.2 cm³/mol. The molecule has 0 rings (SSSR count). The molecule has 0 aromatic rings. The van der Waals surface area contributed by atoms with Crippen molar-refractivity contribution in [1.29, 1.82) is 0 Å². The first kappa shape index (κ1) is 1450. The molecule has 0 amide bonds. The van der Waals surface area contributed by atoms with Gasteiger partial charge in [0.2, 0.25) is 0 Å². The van der Waals surface area contributed by atoms with Gasteiger partial charge in [-0.3, -0.25) is 0 Å². The fourth-order valence-corrected chi connectivity index (χ4v) is 0. The van der Waals surface area contributed by atoms with E-state index < -0.39 is 0 Å². The van der Waals surface area contributed by atoms with E-state index in [2.05, 4.69) is 0 Å². The molecule has 0 fully saturated rings. The van der Waals surface area contributed by atoms with Gasteiger partial charge in [0.15, 0.2) is 0 Å². The van der Waals surface area contributed by atoms with Crippen molar-refractivity contribution >= 4 is 12.4 Å². The second-order valence-electron chi connectivity index (χ2n) is 0. The minimum atomic E-state index is 0. The molecule has 8 nitrogen and oxygen atoms in total. The molecule has 0 spiro atoms. The van der Waals surface area contributed by atoms with Crippen LogP contribution in [0.4, 0.5) is 0 Å². The third-order valence-electron chi connectivity index (χ3n) is 0. The van der Waals surface area contributed by atoms with Crippen LogP contribution >= 0.6 is 12.4 Å². The van der Waals surface area contributed by atoms with Crippen molar-refractivity contribution in [2.45, 2.75) is 0 Å². The SMILES string of the molecule is Cl.O.O.O.O.O.O.O.O.[Zr]. The second kappa shape index (κ2) is 1060. The summed E-state index contributed by atoms with van der Waals surface area (Å²) in [6, 6.07) is 0. The van der Waals surface area contributed by atoms with Crippen LogP contribution in [0.2, 0.25) is 0 Å². The first-order valence-electron chi connectivity index (χ1n) is 0. The summed E-state index contributed by atoms with van der Waals surface area (Å²) >= 11 is 0. The molecule has 0 aromatic heterocycles. The average molecular weight is 272 g/mol. The third kappa shape index (κ3) is 750. The summed E-state index contributed by atoms with van der Waals surface area (Å²) < 4.78 is 0. The largest absolute Gasteiger partial charge is 0.412 e. The van der Waals surface area contributed by atoms with Gasteiger partial charge in [-0.2, -0.15) is 0 Å². The van der Waals surface area contributed by atoms with E-state index in [1.54, 1.807) is 0 Å². The molecule has 0 unspecified atom stereocenters. The first-order chi connectivity index (χ1) is 0. The normalized spacial score (nSPS) is 0. The Morgan fingerprint density at radius 1 is 0.300 bits per heavy atom. The van der Waals surface area contributed by atoms with Crippen molar-refractivity contribution < 1.29 is 70.0 Å². The van der Waals surface area contributed by atoms with Crippen LogP contribution in [0.3, 0.4) is 0 Å². The van der Waals surface area contributed by atoms with Gasteiger partial charge in [-0.15, -0.1) is 12.4 Å². The van der Waals surface area contributed by atoms with E-state index in [0.717, 1.165) is 0 Å². The van der Waals surface area contributed by atoms with Crippen LogP contribution in [0.25, 0.3) is 0 Å². The summed E-state index contributed by atoms with van der Waals surface area (Å²) in [5.74, 6) is 0. The second-order valence-corrected chi connectivity index (χ2v) is 0. The van der Waals surface area contributed by atoms with Gasteiger partial charge in [0.1, 0.15) is 0 Å². The molecule has 0 saturated carbocycles. The molecular weight excluding hydrogens is 255 g/mol. The Morgan fingerprint density at radius 3 is 0.300 bits per heavy atom. The van der Waals surface area contributed by atoms with Gasteiger partial charge in [-0.25, -0.2) is 0 Å². The summed E-state index contributed by atoms with van der Waals surface area (Å²) in [6.45, 7) is 0. The molecule has 0 aliphatic rings. The summed E-state index contributed by atoms with van der Waals surface area (Å²) in [5.41, 5.74) is 0. The predicted octanol–water partition coefficient (Wildman–Crippen LogP) is -6.18. The molecule has 0 aliphatic carbocycles. The molecule has 0 bridgehead atoms. The van der Waals surface area contributed by atoms with Crippen molar-refractivity contribution in [3.05, 3.63) is 0 Å². The summed E-state index contributed by atoms with van der Waals surface area (Å²) in [5, 5.41) is 0. The van der Waals surface area contributed by atoms with E-state index in [1.807, 2.05) is 0 Å². The van der Waals surface area contributed by atoms with Crippen LogP contribution in [-0.2, 0) is 26.2 Å². The number of hydrogen-bond acceptors (Lipinski definition) is 0. The molecule has 0 radical (unpaired) electrons. The fourth-order valence-electron chi connectivity index (χ4n) is 0. The standard InChI is InChI=1S/ClH.8H2O.Zr/h1H;8*1H2;. The van der Waals surface area contributed by atoms with Crippen molar-refractivity contribution in [3.8, 4) is 0 Å². The monoisotopic (exact) mass is 270 g/mol. The Balaban J connectivity index is 0. The van der Waals surface area contributed by atoms with Crippen LogP contribution in [0, 0.1) is 0 Å². The van der Waals surface area contributed by atoms with Crippen LogP contribution < -0.4 is 0 Å². The van der Waals surface area contributed by atoms with Crippen molar-refractivity contribution in [2.24, 2.45) is 0 Å². The summed E-state index contributed by atoms with van der Waals surface area (Å²) in [7, 11) is 0. The molecule has 0 aromatic carbocycles. The van der Waals surface area contributed by atoms with E-state index in [1.165, 1.54) is 0 Å². The minimum absolute atomic E-state index is 0. The van der Waals surface area contributed by atoms with Crippen molar-refractivity contribution in [3.63, 3.8) is 0 Å². The topological polar surface area (TPSA) is 252 Å². The Bertz CT molecular complexity index is 9.22. The first-order valence-corrected chi connectivity index (χ1v) is 0. The van der Waals surface area contributed by atoms with E-state index in [4.69, 9.17) is 0 Å². The van der Waals surface area contributed by atoms with Gasteiger partial charge >= 0.3 is 0 Å². The molecule has 76 valence electrons. The average Bonchev–Trinajstić information content (AvgIpc) is 0. The minimum Gasteiger partial charge on any atom is -0.412 e. The quantitative estimate of drug-likeness (QED) is 0.398. The molecule has 0 saturated heterocycles. The third-order valence-corrected chi connectivity index (χ3v) is 0. The van der Waals surface area contributed by atoms with E-state index >= 15 is 0 Å². The van der Waals surface area contributed by atoms with Crippen LogP contribution in [0.5, 0.6) is 0 Å². The molecule has 10 heteroatoms. The number of halogens is 1. The van der Waals surface area contributed by atoms with E-state index in [9.17, 15) is 0 Å². The molecule has 0 heterocycles. The molecule has 10 heavy (non-hydrogen) atoms. The smallest absolute Gasteiger partial charge is 0 e. The molecule has 0 aliphatic heterocycles. The van der Waals surface area contributed by atoms with Crippen molar-refractivity contribution in [1.82, 2.24) is 0 Å². The van der Waals surface area contributed by atoms with Crippen LogP contribution in [-0.4, -0.2) is 43.8 Å². The van der Waals surface area contributed by atoms with Crippen molar-refractivity contribution in [2.75, 3.05) is 0 Å². The zero-order chi connectivity index (χ0) is 0. The van der Waals surface area contributed by atoms with Gasteiger partial charge in [-0.1, -0.05) is 0 Å². The van der Waals surface area contributed by atoms with Gasteiger partial charge in [0, 0.05) is 26.2 Å². The maximum atomic E-state index is 0. The van der Waals surface area contributed by atoms with Crippen LogP contribution in [0.15, 0.2) is 0 Å². The maximum absolute atomic E-state index is 0. The van der Waals surface area contributed by atoms with E-state index in [0.29, 0.717) is 0 Å². The zero-order valence-electron chi connectivity index (χ0n) is 4.91. The molecular formula is H17ClO8Zr. The van der Waals surface area contributed by atoms with E-state index in [-0.39, 0.29) is 82.4 Å². The van der Waals surface area contributed by atoms with Gasteiger partial charge in [0.05, 0.1) is 0 Å². The van der Waals surface area contributed by atoms with Gasteiger partial charge in [0.25, 0.3) is 0 Å². The summed E-state index contributed by atoms with van der Waals surface area (Å²) in [6.07, 6.45) is 0. The number of rotatable bonds is 0. The Kier molecular flexibility index (Phi) is 154000. The molecule has 0 atom stereocenters. The Morgan fingerprint density at radius 2 is 0.300 bits per heavy atom. The van der Waals surface area contributed by atoms with Gasteiger partial charge in [-0.05, 0) is 0 Å². The maximum Gasteiger partial charge on any atom is 0 e. The summed E-state index contributed by atoms with van der Waals surface area (Å²) in [4.78, 5) is 0. The Hall–Kier alpha value is 0.853. The fraction of sp³-hybridized carbons (Fsp3) is 0. The Labute approximate surface area is 82.6 Å². The number of hydrogen-bond donors (Lipinski definition) is 0. The van der Waals surface area contributed by atoms with Crippen LogP contribution in [0.1, 0.15) is 0 Å².